The highest BCUT2D eigenvalue weighted by atomic mass is 19.4. The van der Waals surface area contributed by atoms with Crippen LogP contribution in [0.4, 0.5) is 29.1 Å². The van der Waals surface area contributed by atoms with E-state index in [0.717, 1.165) is 5.69 Å². The maximum absolute atomic E-state index is 15.1. The summed E-state index contributed by atoms with van der Waals surface area (Å²) in [5.74, 6) is -2.48. The van der Waals surface area contributed by atoms with Crippen LogP contribution in [0.3, 0.4) is 0 Å². The number of carbonyl (C=O) groups is 2. The second-order valence-electron chi connectivity index (χ2n) is 8.60. The Balaban J connectivity index is 0.000000541. The van der Waals surface area contributed by atoms with E-state index < -0.39 is 24.2 Å². The second kappa shape index (κ2) is 12.8. The fraction of sp³-hybridized carbons (Fsp3) is 0.107. The normalized spacial score (nSPS) is 11.7. The number of methoxy groups -OCH3 is 1. The molecule has 1 unspecified atom stereocenters. The summed E-state index contributed by atoms with van der Waals surface area (Å²) >= 11 is 0. The van der Waals surface area contributed by atoms with Gasteiger partial charge >= 0.3 is 12.1 Å². The predicted octanol–water partition coefficient (Wildman–Crippen LogP) is 5.46. The standard InChI is InChI=1S/C26H21FN6O3.C2HF3O2/c1-35-21-10-6-5-9-19(21)25-30-31-26(36-25)22(27)16-11-13-17(14-12-16)24(34)29-23-20(28)15-33(32-23)18-7-3-2-4-8-18;3-2(4,5)1(6)7/h2-15,22H,28H2,1H3,(H,29,32,34);(H,6,7). The molecule has 1 atom stereocenters. The topological polar surface area (TPSA) is 158 Å². The van der Waals surface area contributed by atoms with Crippen molar-refractivity contribution >= 4 is 23.4 Å². The van der Waals surface area contributed by atoms with Gasteiger partial charge in [0.1, 0.15) is 5.75 Å². The quantitative estimate of drug-likeness (QED) is 0.207. The molecular formula is C28H22F4N6O5. The Morgan fingerprint density at radius 3 is 2.26 bits per heavy atom. The number of aromatic nitrogens is 4. The van der Waals surface area contributed by atoms with E-state index >= 15 is 4.39 Å². The zero-order valence-corrected chi connectivity index (χ0v) is 22.1. The van der Waals surface area contributed by atoms with Crippen LogP contribution in [0.25, 0.3) is 17.1 Å². The number of nitrogens with zero attached hydrogens (tertiary/aromatic N) is 4. The summed E-state index contributed by atoms with van der Waals surface area (Å²) in [7, 11) is 1.52. The van der Waals surface area contributed by atoms with Crippen molar-refractivity contribution in [2.75, 3.05) is 18.2 Å². The molecule has 0 aliphatic carbocycles. The van der Waals surface area contributed by atoms with Crippen molar-refractivity contribution < 1.29 is 41.4 Å². The summed E-state index contributed by atoms with van der Waals surface area (Å²) in [6.45, 7) is 0. The van der Waals surface area contributed by atoms with Crippen LogP contribution in [0.15, 0.2) is 89.5 Å². The minimum atomic E-state index is -5.08. The van der Waals surface area contributed by atoms with E-state index in [9.17, 15) is 18.0 Å². The number of anilines is 2. The van der Waals surface area contributed by atoms with Crippen LogP contribution in [0, 0.1) is 0 Å². The first-order chi connectivity index (χ1) is 20.5. The molecule has 4 N–H and O–H groups in total. The van der Waals surface area contributed by atoms with Gasteiger partial charge in [-0.25, -0.2) is 13.9 Å². The highest BCUT2D eigenvalue weighted by Gasteiger charge is 2.38. The molecule has 0 fully saturated rings. The molecule has 1 amide bonds. The maximum Gasteiger partial charge on any atom is 0.490 e. The lowest BCUT2D eigenvalue weighted by Crippen LogP contribution is -2.21. The molecule has 11 nitrogen and oxygen atoms in total. The van der Waals surface area contributed by atoms with Crippen LogP contribution in [-0.2, 0) is 4.79 Å². The van der Waals surface area contributed by atoms with Crippen molar-refractivity contribution in [2.24, 2.45) is 0 Å². The van der Waals surface area contributed by atoms with Gasteiger partial charge in [0, 0.05) is 5.56 Å². The molecule has 0 bridgehead atoms. The average molecular weight is 599 g/mol. The Labute approximate surface area is 240 Å². The number of nitrogen functional groups attached to an aromatic ring is 1. The molecule has 3 aromatic carbocycles. The Hall–Kier alpha value is -5.73. The minimum absolute atomic E-state index is 0.147. The largest absolute Gasteiger partial charge is 0.496 e. The third kappa shape index (κ3) is 7.32. The zero-order valence-electron chi connectivity index (χ0n) is 22.1. The monoisotopic (exact) mass is 598 g/mol. The molecule has 5 aromatic rings. The van der Waals surface area contributed by atoms with Crippen LogP contribution >= 0.6 is 0 Å². The summed E-state index contributed by atoms with van der Waals surface area (Å²) < 4.78 is 59.3. The zero-order chi connectivity index (χ0) is 31.1. The van der Waals surface area contributed by atoms with Crippen molar-refractivity contribution in [1.82, 2.24) is 20.0 Å². The van der Waals surface area contributed by atoms with Crippen molar-refractivity contribution in [3.05, 3.63) is 102 Å². The molecule has 0 saturated heterocycles. The van der Waals surface area contributed by atoms with E-state index in [4.69, 9.17) is 24.8 Å². The number of rotatable bonds is 7. The lowest BCUT2D eigenvalue weighted by Gasteiger charge is -2.07. The molecule has 2 heterocycles. The molecule has 2 aromatic heterocycles. The Morgan fingerprint density at radius 1 is 1.00 bits per heavy atom. The van der Waals surface area contributed by atoms with Gasteiger partial charge in [0.2, 0.25) is 6.17 Å². The van der Waals surface area contributed by atoms with Crippen molar-refractivity contribution in [3.63, 3.8) is 0 Å². The molecule has 0 aliphatic heterocycles. The first-order valence-electron chi connectivity index (χ1n) is 12.2. The lowest BCUT2D eigenvalue weighted by molar-refractivity contribution is -0.192. The summed E-state index contributed by atoms with van der Waals surface area (Å²) in [6, 6.07) is 22.4. The smallest absolute Gasteiger partial charge is 0.490 e. The van der Waals surface area contributed by atoms with Crippen LogP contribution in [0.1, 0.15) is 28.0 Å². The Bertz CT molecular complexity index is 1700. The summed E-state index contributed by atoms with van der Waals surface area (Å²) in [4.78, 5) is 21.6. The number of carboxylic acid groups (broad SMARTS) is 1. The minimum Gasteiger partial charge on any atom is -0.496 e. The number of carbonyl (C=O) groups excluding carboxylic acids is 1. The van der Waals surface area contributed by atoms with Crippen molar-refractivity contribution in [2.45, 2.75) is 12.3 Å². The summed E-state index contributed by atoms with van der Waals surface area (Å²) in [6.07, 6.45) is -5.14. The number of amides is 1. The Kier molecular flexibility index (Phi) is 9.03. The van der Waals surface area contributed by atoms with Crippen LogP contribution in [0.2, 0.25) is 0 Å². The molecule has 0 radical (unpaired) electrons. The number of aliphatic carboxylic acids is 1. The number of hydrogen-bond donors (Lipinski definition) is 3. The summed E-state index contributed by atoms with van der Waals surface area (Å²) in [5, 5.41) is 21.9. The number of halogens is 4. The van der Waals surface area contributed by atoms with E-state index in [2.05, 4.69) is 20.6 Å². The first kappa shape index (κ1) is 30.2. The number of nitrogens with one attached hydrogen (secondary N) is 1. The third-order valence-electron chi connectivity index (χ3n) is 5.70. The molecule has 0 saturated carbocycles. The first-order valence-corrected chi connectivity index (χ1v) is 12.2. The van der Waals surface area contributed by atoms with E-state index in [1.165, 1.54) is 31.4 Å². The van der Waals surface area contributed by atoms with Gasteiger partial charge in [-0.15, -0.1) is 15.3 Å². The lowest BCUT2D eigenvalue weighted by atomic mass is 10.1. The molecule has 15 heteroatoms. The van der Waals surface area contributed by atoms with Crippen LogP contribution < -0.4 is 15.8 Å². The third-order valence-corrected chi connectivity index (χ3v) is 5.70. The summed E-state index contributed by atoms with van der Waals surface area (Å²) in [5.41, 5.74) is 8.26. The number of ether oxygens (including phenoxy) is 1. The molecule has 43 heavy (non-hydrogen) atoms. The SMILES string of the molecule is COc1ccccc1-c1nnc(C(F)c2ccc(C(=O)Nc3nn(-c4ccccc4)cc3N)cc2)o1.O=C(O)C(F)(F)F. The van der Waals surface area contributed by atoms with E-state index in [0.29, 0.717) is 22.6 Å². The number of nitrogens with two attached hydrogens (primary N) is 1. The number of carboxylic acids is 1. The number of para-hydroxylation sites is 2. The van der Waals surface area contributed by atoms with E-state index in [-0.39, 0.29) is 23.2 Å². The Morgan fingerprint density at radius 2 is 1.63 bits per heavy atom. The second-order valence-corrected chi connectivity index (χ2v) is 8.60. The number of benzene rings is 3. The van der Waals surface area contributed by atoms with Crippen molar-refractivity contribution in [3.8, 4) is 22.9 Å². The van der Waals surface area contributed by atoms with Crippen molar-refractivity contribution in [1.29, 1.82) is 0 Å². The van der Waals surface area contributed by atoms with Gasteiger partial charge < -0.3 is 25.3 Å². The fourth-order valence-electron chi connectivity index (χ4n) is 3.59. The van der Waals surface area contributed by atoms with Gasteiger partial charge in [-0.1, -0.05) is 42.5 Å². The number of alkyl halides is 4. The van der Waals surface area contributed by atoms with Gasteiger partial charge in [0.25, 0.3) is 17.7 Å². The fourth-order valence-corrected chi connectivity index (χ4v) is 3.59. The van der Waals surface area contributed by atoms with Gasteiger partial charge in [-0.05, 0) is 42.0 Å². The van der Waals surface area contributed by atoms with E-state index in [1.807, 2.05) is 30.3 Å². The van der Waals surface area contributed by atoms with Gasteiger partial charge in [0.15, 0.2) is 5.82 Å². The van der Waals surface area contributed by atoms with Gasteiger partial charge in [-0.3, -0.25) is 4.79 Å². The average Bonchev–Trinajstić information content (AvgIpc) is 3.64. The van der Waals surface area contributed by atoms with Gasteiger partial charge in [-0.2, -0.15) is 13.2 Å². The molecule has 222 valence electrons. The molecule has 5 rings (SSSR count). The highest BCUT2D eigenvalue weighted by molar-refractivity contribution is 6.05. The predicted molar refractivity (Wildman–Crippen MR) is 145 cm³/mol. The highest BCUT2D eigenvalue weighted by Crippen LogP contribution is 2.32. The molecule has 0 spiro atoms. The van der Waals surface area contributed by atoms with Gasteiger partial charge in [0.05, 0.1) is 30.2 Å². The van der Waals surface area contributed by atoms with E-state index in [1.54, 1.807) is 35.1 Å². The molecule has 0 aliphatic rings. The van der Waals surface area contributed by atoms with Crippen LogP contribution in [-0.4, -0.2) is 50.2 Å². The van der Waals surface area contributed by atoms with Crippen LogP contribution in [0.5, 0.6) is 5.75 Å². The molecular weight excluding hydrogens is 576 g/mol. The maximum atomic E-state index is 15.1. The number of hydrogen-bond acceptors (Lipinski definition) is 8.